The fourth-order valence-corrected chi connectivity index (χ4v) is 3.12. The van der Waals surface area contributed by atoms with Crippen molar-refractivity contribution in [1.82, 2.24) is 24.6 Å². The highest BCUT2D eigenvalue weighted by atomic mass is 15.4. The van der Waals surface area contributed by atoms with Gasteiger partial charge in [-0.2, -0.15) is 0 Å². The van der Waals surface area contributed by atoms with Crippen LogP contribution in [0.25, 0.3) is 0 Å². The minimum Gasteiger partial charge on any atom is -0.311 e. The Morgan fingerprint density at radius 1 is 1.17 bits per heavy atom. The first-order valence-corrected chi connectivity index (χ1v) is 7.03. The second kappa shape index (κ2) is 4.63. The van der Waals surface area contributed by atoms with Gasteiger partial charge in [-0.25, -0.2) is 0 Å². The molecule has 2 aliphatic rings. The van der Waals surface area contributed by atoms with E-state index in [1.54, 1.807) is 0 Å². The number of nitrogens with zero attached hydrogens (tertiary/aromatic N) is 5. The highest BCUT2D eigenvalue weighted by molar-refractivity contribution is 5.05. The Balaban J connectivity index is 1.84. The summed E-state index contributed by atoms with van der Waals surface area (Å²) in [5, 5.41) is 8.88. The van der Waals surface area contributed by atoms with E-state index in [9.17, 15) is 0 Å². The molecule has 1 aromatic heterocycles. The van der Waals surface area contributed by atoms with E-state index in [4.69, 9.17) is 0 Å². The summed E-state index contributed by atoms with van der Waals surface area (Å²) < 4.78 is 2.35. The van der Waals surface area contributed by atoms with Crippen molar-refractivity contribution in [3.8, 4) is 0 Å². The predicted molar refractivity (Wildman–Crippen MR) is 70.2 cm³/mol. The maximum atomic E-state index is 4.47. The zero-order chi connectivity index (χ0) is 12.7. The lowest BCUT2D eigenvalue weighted by Gasteiger charge is -2.31. The molecule has 1 aromatic rings. The zero-order valence-corrected chi connectivity index (χ0v) is 11.6. The standard InChI is InChI=1S/C13H23N5/c1-10(2)17-7-8-18-12(9-17)14-15-13(18)11-5-4-6-16(11)3/h10-11H,4-9H2,1-3H3. The van der Waals surface area contributed by atoms with Gasteiger partial charge in [0.25, 0.3) is 0 Å². The van der Waals surface area contributed by atoms with Gasteiger partial charge in [0.2, 0.25) is 0 Å². The van der Waals surface area contributed by atoms with Gasteiger partial charge in [0.15, 0.2) is 0 Å². The zero-order valence-electron chi connectivity index (χ0n) is 11.6. The van der Waals surface area contributed by atoms with Crippen molar-refractivity contribution in [2.75, 3.05) is 20.1 Å². The van der Waals surface area contributed by atoms with E-state index >= 15 is 0 Å². The maximum Gasteiger partial charge on any atom is 0.150 e. The van der Waals surface area contributed by atoms with E-state index in [1.165, 1.54) is 25.2 Å². The molecule has 3 rings (SSSR count). The number of fused-ring (bicyclic) bond motifs is 1. The first-order valence-electron chi connectivity index (χ1n) is 7.03. The van der Waals surface area contributed by atoms with Crippen LogP contribution >= 0.6 is 0 Å². The minimum absolute atomic E-state index is 0.483. The molecule has 0 radical (unpaired) electrons. The molecule has 1 fully saturated rings. The molecule has 0 bridgehead atoms. The van der Waals surface area contributed by atoms with Gasteiger partial charge >= 0.3 is 0 Å². The molecule has 100 valence electrons. The van der Waals surface area contributed by atoms with Gasteiger partial charge in [-0.1, -0.05) is 0 Å². The summed E-state index contributed by atoms with van der Waals surface area (Å²) in [6.07, 6.45) is 2.50. The van der Waals surface area contributed by atoms with Crippen LogP contribution in [-0.2, 0) is 13.1 Å². The van der Waals surface area contributed by atoms with Crippen LogP contribution in [0.4, 0.5) is 0 Å². The predicted octanol–water partition coefficient (Wildman–Crippen LogP) is 1.27. The van der Waals surface area contributed by atoms with Crippen LogP contribution in [0.3, 0.4) is 0 Å². The maximum absolute atomic E-state index is 4.47. The van der Waals surface area contributed by atoms with E-state index in [1.807, 2.05) is 0 Å². The Bertz CT molecular complexity index is 425. The smallest absolute Gasteiger partial charge is 0.150 e. The van der Waals surface area contributed by atoms with E-state index in [0.717, 1.165) is 25.5 Å². The second-order valence-electron chi connectivity index (χ2n) is 5.83. The number of aromatic nitrogens is 3. The third-order valence-electron chi connectivity index (χ3n) is 4.36. The monoisotopic (exact) mass is 249 g/mol. The van der Waals surface area contributed by atoms with Crippen LogP contribution in [0.15, 0.2) is 0 Å². The van der Waals surface area contributed by atoms with Crippen LogP contribution in [-0.4, -0.2) is 50.7 Å². The van der Waals surface area contributed by atoms with Crippen LogP contribution in [0.2, 0.25) is 0 Å². The van der Waals surface area contributed by atoms with Gasteiger partial charge in [-0.05, 0) is 40.3 Å². The molecular weight excluding hydrogens is 226 g/mol. The Hall–Kier alpha value is -0.940. The third-order valence-corrected chi connectivity index (χ3v) is 4.36. The summed E-state index contributed by atoms with van der Waals surface area (Å²) in [4.78, 5) is 4.87. The molecule has 0 spiro atoms. The van der Waals surface area contributed by atoms with Crippen molar-refractivity contribution in [3.63, 3.8) is 0 Å². The largest absolute Gasteiger partial charge is 0.311 e. The average molecular weight is 249 g/mol. The highest BCUT2D eigenvalue weighted by Crippen LogP contribution is 2.30. The fraction of sp³-hybridized carbons (Fsp3) is 0.846. The number of hydrogen-bond acceptors (Lipinski definition) is 4. The van der Waals surface area contributed by atoms with Crippen LogP contribution in [0.1, 0.15) is 44.4 Å². The van der Waals surface area contributed by atoms with E-state index < -0.39 is 0 Å². The van der Waals surface area contributed by atoms with Gasteiger partial charge in [0.1, 0.15) is 11.6 Å². The Kier molecular flexibility index (Phi) is 3.11. The first-order chi connectivity index (χ1) is 8.66. The molecule has 1 atom stereocenters. The van der Waals surface area contributed by atoms with Crippen LogP contribution in [0, 0.1) is 0 Å². The molecule has 1 saturated heterocycles. The molecule has 2 aliphatic heterocycles. The molecule has 0 saturated carbocycles. The molecular formula is C13H23N5. The molecule has 5 nitrogen and oxygen atoms in total. The number of likely N-dealkylation sites (tertiary alicyclic amines) is 1. The van der Waals surface area contributed by atoms with Crippen LogP contribution < -0.4 is 0 Å². The van der Waals surface area contributed by atoms with Crippen LogP contribution in [0.5, 0.6) is 0 Å². The summed E-state index contributed by atoms with van der Waals surface area (Å²) in [5.41, 5.74) is 0. The molecule has 0 aromatic carbocycles. The average Bonchev–Trinajstić information content (AvgIpc) is 2.93. The Morgan fingerprint density at radius 3 is 2.67 bits per heavy atom. The van der Waals surface area contributed by atoms with E-state index in [0.29, 0.717) is 12.1 Å². The second-order valence-corrected chi connectivity index (χ2v) is 5.83. The SMILES string of the molecule is CC(C)N1CCn2c(nnc2C2CCCN2C)C1. The van der Waals surface area contributed by atoms with Gasteiger partial charge in [-0.3, -0.25) is 9.80 Å². The molecule has 1 unspecified atom stereocenters. The number of rotatable bonds is 2. The first kappa shape index (κ1) is 12.1. The van der Waals surface area contributed by atoms with Crippen molar-refractivity contribution >= 4 is 0 Å². The van der Waals surface area contributed by atoms with Gasteiger partial charge in [-0.15, -0.1) is 10.2 Å². The summed E-state index contributed by atoms with van der Waals surface area (Å²) in [6, 6.07) is 1.07. The fourth-order valence-electron chi connectivity index (χ4n) is 3.12. The van der Waals surface area contributed by atoms with E-state index in [2.05, 4.69) is 45.5 Å². The van der Waals surface area contributed by atoms with Crippen molar-refractivity contribution in [2.45, 2.75) is 51.9 Å². The lowest BCUT2D eigenvalue weighted by molar-refractivity contribution is 0.169. The highest BCUT2D eigenvalue weighted by Gasteiger charge is 2.30. The normalized spacial score (nSPS) is 25.9. The molecule has 5 heteroatoms. The third kappa shape index (κ3) is 1.95. The van der Waals surface area contributed by atoms with Crippen molar-refractivity contribution in [1.29, 1.82) is 0 Å². The Morgan fingerprint density at radius 2 is 2.00 bits per heavy atom. The summed E-state index contributed by atoms with van der Waals surface area (Å²) in [7, 11) is 2.20. The quantitative estimate of drug-likeness (QED) is 0.791. The van der Waals surface area contributed by atoms with Gasteiger partial charge in [0, 0.05) is 19.1 Å². The van der Waals surface area contributed by atoms with E-state index in [-0.39, 0.29) is 0 Å². The lowest BCUT2D eigenvalue weighted by atomic mass is 10.2. The van der Waals surface area contributed by atoms with Crippen molar-refractivity contribution in [3.05, 3.63) is 11.6 Å². The summed E-state index contributed by atoms with van der Waals surface area (Å²) >= 11 is 0. The molecule has 0 N–H and O–H groups in total. The molecule has 18 heavy (non-hydrogen) atoms. The van der Waals surface area contributed by atoms with Gasteiger partial charge < -0.3 is 4.57 Å². The topological polar surface area (TPSA) is 37.2 Å². The lowest BCUT2D eigenvalue weighted by Crippen LogP contribution is -2.39. The Labute approximate surface area is 109 Å². The molecule has 3 heterocycles. The van der Waals surface area contributed by atoms with Gasteiger partial charge in [0.05, 0.1) is 12.6 Å². The summed E-state index contributed by atoms with van der Waals surface area (Å²) in [5.74, 6) is 2.33. The summed E-state index contributed by atoms with van der Waals surface area (Å²) in [6.45, 7) is 8.79. The number of hydrogen-bond donors (Lipinski definition) is 0. The van der Waals surface area contributed by atoms with Crippen molar-refractivity contribution < 1.29 is 0 Å². The minimum atomic E-state index is 0.483. The van der Waals surface area contributed by atoms with Crippen molar-refractivity contribution in [2.24, 2.45) is 0 Å². The molecule has 0 aliphatic carbocycles. The molecule has 0 amide bonds.